The smallest absolute Gasteiger partial charge is 0.259 e. The molecule has 0 bridgehead atoms. The predicted octanol–water partition coefficient (Wildman–Crippen LogP) is 0.447. The Bertz CT molecular complexity index is 762. The van der Waals surface area contributed by atoms with E-state index < -0.39 is 33.1 Å². The summed E-state index contributed by atoms with van der Waals surface area (Å²) in [4.78, 5) is 23.6. The highest BCUT2D eigenvalue weighted by Gasteiger charge is 2.60. The molecule has 0 spiro atoms. The van der Waals surface area contributed by atoms with Crippen molar-refractivity contribution in [1.82, 2.24) is 4.31 Å². The summed E-state index contributed by atoms with van der Waals surface area (Å²) in [6.07, 6.45) is 0. The first-order valence-corrected chi connectivity index (χ1v) is 7.51. The van der Waals surface area contributed by atoms with Crippen LogP contribution < -0.4 is 5.32 Å². The van der Waals surface area contributed by atoms with Crippen LogP contribution in [0.4, 0.5) is 5.69 Å². The molecule has 1 saturated heterocycles. The van der Waals surface area contributed by atoms with Gasteiger partial charge >= 0.3 is 0 Å². The molecule has 0 atom stereocenters. The third-order valence-electron chi connectivity index (χ3n) is 3.29. The van der Waals surface area contributed by atoms with Gasteiger partial charge in [0.2, 0.25) is 5.91 Å². The molecule has 110 valence electrons. The van der Waals surface area contributed by atoms with Crippen molar-refractivity contribution in [3.05, 3.63) is 29.8 Å². The summed E-state index contributed by atoms with van der Waals surface area (Å²) in [6, 6.07) is 8.21. The molecule has 2 rings (SSSR count). The summed E-state index contributed by atoms with van der Waals surface area (Å²) in [5, 5.41) is 11.3. The van der Waals surface area contributed by atoms with E-state index in [9.17, 15) is 18.0 Å². The zero-order valence-electron chi connectivity index (χ0n) is 11.5. The van der Waals surface area contributed by atoms with Gasteiger partial charge in [-0.2, -0.15) is 5.26 Å². The number of amides is 2. The highest BCUT2D eigenvalue weighted by Crippen LogP contribution is 2.34. The molecule has 21 heavy (non-hydrogen) atoms. The zero-order valence-corrected chi connectivity index (χ0v) is 12.3. The number of para-hydroxylation sites is 1. The zero-order chi connectivity index (χ0) is 15.8. The minimum absolute atomic E-state index is 0.254. The quantitative estimate of drug-likeness (QED) is 0.872. The first kappa shape index (κ1) is 15.0. The lowest BCUT2D eigenvalue weighted by molar-refractivity contribution is -0.134. The molecule has 0 radical (unpaired) electrons. The Hall–Kier alpha value is -2.40. The molecule has 0 aromatic heterocycles. The van der Waals surface area contributed by atoms with Gasteiger partial charge < -0.3 is 5.32 Å². The van der Waals surface area contributed by atoms with Gasteiger partial charge in [-0.05, 0) is 26.0 Å². The number of hydrogen-bond donors (Lipinski definition) is 1. The first-order valence-electron chi connectivity index (χ1n) is 6.07. The number of anilines is 1. The average molecular weight is 307 g/mol. The molecule has 2 amide bonds. The molecule has 1 fully saturated rings. The third kappa shape index (κ3) is 2.25. The Morgan fingerprint density at radius 3 is 2.57 bits per heavy atom. The molecular formula is C13H13N3O4S. The van der Waals surface area contributed by atoms with Crippen molar-refractivity contribution in [3.63, 3.8) is 0 Å². The Balaban J connectivity index is 2.11. The molecule has 1 N–H and O–H groups in total. The fraction of sp³-hybridized carbons (Fsp3) is 0.308. The normalized spacial score (nSPS) is 18.5. The third-order valence-corrected chi connectivity index (χ3v) is 5.62. The molecular weight excluding hydrogens is 294 g/mol. The highest BCUT2D eigenvalue weighted by atomic mass is 32.2. The first-order chi connectivity index (χ1) is 9.71. The van der Waals surface area contributed by atoms with Crippen molar-refractivity contribution >= 4 is 27.5 Å². The topological polar surface area (TPSA) is 107 Å². The van der Waals surface area contributed by atoms with E-state index in [4.69, 9.17) is 5.26 Å². The summed E-state index contributed by atoms with van der Waals surface area (Å²) in [5.74, 6) is -1.30. The maximum Gasteiger partial charge on any atom is 0.259 e. The van der Waals surface area contributed by atoms with E-state index in [-0.39, 0.29) is 11.3 Å². The van der Waals surface area contributed by atoms with E-state index >= 15 is 0 Å². The maximum absolute atomic E-state index is 11.9. The van der Waals surface area contributed by atoms with Crippen molar-refractivity contribution in [2.45, 2.75) is 18.6 Å². The SMILES string of the molecule is CC1(C)C(=O)N(CC(=O)Nc2ccccc2C#N)S1(=O)=O. The Morgan fingerprint density at radius 1 is 1.38 bits per heavy atom. The minimum atomic E-state index is -3.79. The molecule has 0 unspecified atom stereocenters. The van der Waals surface area contributed by atoms with Crippen LogP contribution in [0.25, 0.3) is 0 Å². The van der Waals surface area contributed by atoms with Gasteiger partial charge in [0, 0.05) is 0 Å². The van der Waals surface area contributed by atoms with Crippen LogP contribution in [0.1, 0.15) is 19.4 Å². The van der Waals surface area contributed by atoms with Crippen LogP contribution in [-0.2, 0) is 19.6 Å². The summed E-state index contributed by atoms with van der Waals surface area (Å²) in [5.41, 5.74) is 0.526. The van der Waals surface area contributed by atoms with Gasteiger partial charge in [-0.1, -0.05) is 12.1 Å². The van der Waals surface area contributed by atoms with Crippen LogP contribution in [-0.4, -0.2) is 35.8 Å². The standard InChI is InChI=1S/C13H13N3O4S/c1-13(2)12(18)16(21(13,19)20)8-11(17)15-10-6-4-3-5-9(10)7-14/h3-6H,8H2,1-2H3,(H,15,17). The number of sulfonamides is 1. The lowest BCUT2D eigenvalue weighted by atomic mass is 10.2. The predicted molar refractivity (Wildman–Crippen MR) is 74.5 cm³/mol. The van der Waals surface area contributed by atoms with Crippen molar-refractivity contribution in [2.75, 3.05) is 11.9 Å². The van der Waals surface area contributed by atoms with Gasteiger partial charge in [0.05, 0.1) is 11.3 Å². The van der Waals surface area contributed by atoms with Crippen molar-refractivity contribution < 1.29 is 18.0 Å². The van der Waals surface area contributed by atoms with Gasteiger partial charge in [-0.25, -0.2) is 12.7 Å². The number of rotatable bonds is 3. The largest absolute Gasteiger partial charge is 0.323 e. The van der Waals surface area contributed by atoms with Crippen molar-refractivity contribution in [1.29, 1.82) is 5.26 Å². The molecule has 0 aliphatic carbocycles. The Morgan fingerprint density at radius 2 is 2.00 bits per heavy atom. The summed E-state index contributed by atoms with van der Waals surface area (Å²) >= 11 is 0. The number of nitrogens with one attached hydrogen (secondary N) is 1. The van der Waals surface area contributed by atoms with Crippen LogP contribution in [0.2, 0.25) is 0 Å². The fourth-order valence-corrected chi connectivity index (χ4v) is 3.41. The number of nitriles is 1. The number of hydrogen-bond acceptors (Lipinski definition) is 5. The maximum atomic E-state index is 11.9. The van der Waals surface area contributed by atoms with Gasteiger partial charge in [0.25, 0.3) is 15.9 Å². The number of carbonyl (C=O) groups is 2. The summed E-state index contributed by atoms with van der Waals surface area (Å²) in [7, 11) is -3.79. The van der Waals surface area contributed by atoms with Gasteiger partial charge in [-0.3, -0.25) is 9.59 Å². The van der Waals surface area contributed by atoms with Crippen LogP contribution in [0, 0.1) is 11.3 Å². The Labute approximate surface area is 122 Å². The lowest BCUT2D eigenvalue weighted by Crippen LogP contribution is -2.68. The molecule has 1 aliphatic rings. The van der Waals surface area contributed by atoms with E-state index in [2.05, 4.69) is 5.32 Å². The van der Waals surface area contributed by atoms with E-state index in [0.29, 0.717) is 4.31 Å². The second-order valence-corrected chi connectivity index (χ2v) is 7.44. The minimum Gasteiger partial charge on any atom is -0.323 e. The molecule has 0 saturated carbocycles. The lowest BCUT2D eigenvalue weighted by Gasteiger charge is -2.42. The average Bonchev–Trinajstić information content (AvgIpc) is 2.44. The highest BCUT2D eigenvalue weighted by molar-refractivity contribution is 7.94. The number of carbonyl (C=O) groups excluding carboxylic acids is 2. The van der Waals surface area contributed by atoms with Gasteiger partial charge in [-0.15, -0.1) is 0 Å². The van der Waals surface area contributed by atoms with Gasteiger partial charge in [0.15, 0.2) is 4.75 Å². The molecule has 1 aromatic rings. The Kier molecular flexibility index (Phi) is 3.47. The molecule has 1 aliphatic heterocycles. The number of nitrogens with zero attached hydrogens (tertiary/aromatic N) is 2. The van der Waals surface area contributed by atoms with Crippen molar-refractivity contribution in [3.8, 4) is 6.07 Å². The van der Waals surface area contributed by atoms with Crippen LogP contribution in [0.3, 0.4) is 0 Å². The van der Waals surface area contributed by atoms with E-state index in [1.807, 2.05) is 6.07 Å². The second kappa shape index (κ2) is 4.86. The van der Waals surface area contributed by atoms with E-state index in [0.717, 1.165) is 0 Å². The van der Waals surface area contributed by atoms with Crippen LogP contribution in [0.5, 0.6) is 0 Å². The monoisotopic (exact) mass is 307 g/mol. The van der Waals surface area contributed by atoms with Crippen LogP contribution in [0.15, 0.2) is 24.3 Å². The second-order valence-electron chi connectivity index (χ2n) is 5.03. The summed E-state index contributed by atoms with van der Waals surface area (Å²) in [6.45, 7) is 2.00. The fourth-order valence-electron chi connectivity index (χ4n) is 1.92. The number of benzene rings is 1. The van der Waals surface area contributed by atoms with E-state index in [1.54, 1.807) is 12.1 Å². The molecule has 7 nitrogen and oxygen atoms in total. The van der Waals surface area contributed by atoms with Gasteiger partial charge in [0.1, 0.15) is 12.6 Å². The van der Waals surface area contributed by atoms with Crippen molar-refractivity contribution in [2.24, 2.45) is 0 Å². The van der Waals surface area contributed by atoms with Crippen LogP contribution >= 0.6 is 0 Å². The molecule has 1 aromatic carbocycles. The summed E-state index contributed by atoms with van der Waals surface area (Å²) < 4.78 is 22.8. The molecule has 8 heteroatoms. The molecule has 1 heterocycles. The van der Waals surface area contributed by atoms with E-state index in [1.165, 1.54) is 26.0 Å².